The molecule has 2 bridgehead atoms. The van der Waals surface area contributed by atoms with Gasteiger partial charge in [-0.05, 0) is 61.6 Å². The van der Waals surface area contributed by atoms with E-state index in [0.29, 0.717) is 23.9 Å². The number of amides is 3. The molecule has 8 nitrogen and oxygen atoms in total. The van der Waals surface area contributed by atoms with Gasteiger partial charge in [-0.3, -0.25) is 14.4 Å². The van der Waals surface area contributed by atoms with Gasteiger partial charge in [-0.15, -0.1) is 0 Å². The Hall–Kier alpha value is -3.65. The standard InChI is InChI=1S/C33H39N3O5/c1-21(2)18-20-36-29(31(38)35-22-9-5-3-6-10-22)33-19-17-26(41-33)27(28(33)32(36)39)30(37)34-23-13-15-25(16-14-23)40-24-11-7-4-8-12-24/h4,7-8,11-17,19,21-22,26-29H,3,5-6,9-10,18,20H2,1-2H3,(H,34,37)(H,35,38)/t26-,27+,28-,29-,33+/m1/s1. The Morgan fingerprint density at radius 3 is 2.41 bits per heavy atom. The normalized spacial score (nSPS) is 28.7. The maximum Gasteiger partial charge on any atom is 0.246 e. The predicted molar refractivity (Wildman–Crippen MR) is 155 cm³/mol. The summed E-state index contributed by atoms with van der Waals surface area (Å²) in [7, 11) is 0. The first-order valence-electron chi connectivity index (χ1n) is 15.0. The Morgan fingerprint density at radius 1 is 1.00 bits per heavy atom. The molecular weight excluding hydrogens is 518 g/mol. The topological polar surface area (TPSA) is 97.0 Å². The highest BCUT2D eigenvalue weighted by Crippen LogP contribution is 2.55. The van der Waals surface area contributed by atoms with Gasteiger partial charge in [-0.1, -0.05) is 63.5 Å². The van der Waals surface area contributed by atoms with Crippen LogP contribution in [0.1, 0.15) is 52.4 Å². The Morgan fingerprint density at radius 2 is 1.71 bits per heavy atom. The Labute approximate surface area is 241 Å². The number of benzene rings is 2. The molecule has 4 aliphatic rings. The second-order valence-corrected chi connectivity index (χ2v) is 12.2. The van der Waals surface area contributed by atoms with Gasteiger partial charge in [-0.25, -0.2) is 0 Å². The Balaban J connectivity index is 1.20. The third-order valence-electron chi connectivity index (χ3n) is 8.92. The quantitative estimate of drug-likeness (QED) is 0.420. The molecule has 8 heteroatoms. The minimum Gasteiger partial charge on any atom is -0.457 e. The summed E-state index contributed by atoms with van der Waals surface area (Å²) in [6.45, 7) is 4.66. The Bertz CT molecular complexity index is 1300. The first-order valence-corrected chi connectivity index (χ1v) is 15.0. The number of nitrogens with zero attached hydrogens (tertiary/aromatic N) is 1. The summed E-state index contributed by atoms with van der Waals surface area (Å²) < 4.78 is 12.3. The lowest BCUT2D eigenvalue weighted by Crippen LogP contribution is -2.56. The van der Waals surface area contributed by atoms with Crippen LogP contribution in [0.25, 0.3) is 0 Å². The van der Waals surface area contributed by atoms with Gasteiger partial charge in [0.05, 0.1) is 17.9 Å². The number of fused-ring (bicyclic) bond motifs is 1. The van der Waals surface area contributed by atoms with Crippen LogP contribution in [0.3, 0.4) is 0 Å². The molecule has 1 saturated carbocycles. The second kappa shape index (κ2) is 11.3. The lowest BCUT2D eigenvalue weighted by molar-refractivity contribution is -0.141. The summed E-state index contributed by atoms with van der Waals surface area (Å²) in [4.78, 5) is 43.2. The number of ether oxygens (including phenoxy) is 2. The molecule has 3 aliphatic heterocycles. The first-order chi connectivity index (χ1) is 19.9. The van der Waals surface area contributed by atoms with Crippen LogP contribution >= 0.6 is 0 Å². The number of para-hydroxylation sites is 1. The minimum absolute atomic E-state index is 0.115. The molecule has 0 aromatic heterocycles. The van der Waals surface area contributed by atoms with Crippen LogP contribution in [0.15, 0.2) is 66.7 Å². The van der Waals surface area contributed by atoms with E-state index in [-0.39, 0.29) is 23.8 Å². The van der Waals surface area contributed by atoms with Gasteiger partial charge in [-0.2, -0.15) is 0 Å². The number of nitrogens with one attached hydrogen (secondary N) is 2. The maximum atomic E-state index is 14.0. The largest absolute Gasteiger partial charge is 0.457 e. The van der Waals surface area contributed by atoms with E-state index in [4.69, 9.17) is 9.47 Å². The molecule has 2 saturated heterocycles. The highest BCUT2D eigenvalue weighted by molar-refractivity contribution is 6.02. The number of carbonyl (C=O) groups is 3. The summed E-state index contributed by atoms with van der Waals surface area (Å²) in [5.41, 5.74) is -0.530. The van der Waals surface area contributed by atoms with Crippen molar-refractivity contribution in [2.24, 2.45) is 17.8 Å². The molecule has 3 heterocycles. The molecule has 6 rings (SSSR count). The molecule has 0 radical (unpaired) electrons. The van der Waals surface area contributed by atoms with Crippen molar-refractivity contribution < 1.29 is 23.9 Å². The van der Waals surface area contributed by atoms with E-state index in [1.54, 1.807) is 29.2 Å². The number of anilines is 1. The fraction of sp³-hybridized carbons (Fsp3) is 0.485. The number of hydrogen-bond donors (Lipinski definition) is 2. The smallest absolute Gasteiger partial charge is 0.246 e. The Kier molecular flexibility index (Phi) is 7.60. The van der Waals surface area contributed by atoms with Crippen molar-refractivity contribution in [3.63, 3.8) is 0 Å². The maximum absolute atomic E-state index is 14.0. The van der Waals surface area contributed by atoms with Crippen LogP contribution in [0.2, 0.25) is 0 Å². The number of hydrogen-bond acceptors (Lipinski definition) is 5. The van der Waals surface area contributed by atoms with Crippen molar-refractivity contribution in [2.75, 3.05) is 11.9 Å². The molecule has 0 unspecified atom stereocenters. The fourth-order valence-corrected chi connectivity index (χ4v) is 6.89. The van der Waals surface area contributed by atoms with Crippen molar-refractivity contribution >= 4 is 23.4 Å². The van der Waals surface area contributed by atoms with E-state index in [1.165, 1.54) is 6.42 Å². The zero-order valence-corrected chi connectivity index (χ0v) is 23.8. The highest BCUT2D eigenvalue weighted by Gasteiger charge is 2.72. The van der Waals surface area contributed by atoms with E-state index >= 15 is 0 Å². The third kappa shape index (κ3) is 5.25. The van der Waals surface area contributed by atoms with Crippen molar-refractivity contribution in [3.05, 3.63) is 66.7 Å². The van der Waals surface area contributed by atoms with Crippen LogP contribution in [0.4, 0.5) is 5.69 Å². The lowest BCUT2D eigenvalue weighted by Gasteiger charge is -2.34. The molecule has 2 aromatic rings. The molecule has 41 heavy (non-hydrogen) atoms. The van der Waals surface area contributed by atoms with Gasteiger partial charge in [0.15, 0.2) is 0 Å². The molecule has 5 atom stereocenters. The zero-order valence-electron chi connectivity index (χ0n) is 23.8. The van der Waals surface area contributed by atoms with Crippen molar-refractivity contribution in [1.82, 2.24) is 10.2 Å². The van der Waals surface area contributed by atoms with Crippen molar-refractivity contribution in [2.45, 2.75) is 76.2 Å². The second-order valence-electron chi connectivity index (χ2n) is 12.2. The lowest BCUT2D eigenvalue weighted by atomic mass is 9.74. The highest BCUT2D eigenvalue weighted by atomic mass is 16.5. The molecule has 3 amide bonds. The SMILES string of the molecule is CC(C)CCN1C(=O)[C@H]2[C@@H](C(=O)Nc3ccc(Oc4ccccc4)cc3)[C@H]3C=C[C@@]2(O3)[C@H]1C(=O)NC1CCCCC1. The zero-order chi connectivity index (χ0) is 28.6. The molecule has 1 aliphatic carbocycles. The minimum atomic E-state index is -1.13. The van der Waals surface area contributed by atoms with Crippen molar-refractivity contribution in [3.8, 4) is 11.5 Å². The van der Waals surface area contributed by atoms with Crippen molar-refractivity contribution in [1.29, 1.82) is 0 Å². The molecule has 2 aromatic carbocycles. The van der Waals surface area contributed by atoms with Crippen LogP contribution in [-0.2, 0) is 19.1 Å². The molecule has 216 valence electrons. The number of likely N-dealkylation sites (tertiary alicyclic amines) is 1. The first kappa shape index (κ1) is 27.5. The summed E-state index contributed by atoms with van der Waals surface area (Å²) in [5.74, 6) is -0.349. The average Bonchev–Trinajstić information content (AvgIpc) is 3.61. The van der Waals surface area contributed by atoms with Gasteiger partial charge >= 0.3 is 0 Å². The predicted octanol–water partition coefficient (Wildman–Crippen LogP) is 5.06. The molecular formula is C33H39N3O5. The molecule has 3 fully saturated rings. The molecule has 2 N–H and O–H groups in total. The third-order valence-corrected chi connectivity index (χ3v) is 8.92. The summed E-state index contributed by atoms with van der Waals surface area (Å²) in [6, 6.07) is 16.0. The van der Waals surface area contributed by atoms with Gasteiger partial charge < -0.3 is 25.0 Å². The van der Waals surface area contributed by atoms with E-state index < -0.39 is 29.6 Å². The van der Waals surface area contributed by atoms with E-state index in [9.17, 15) is 14.4 Å². The summed E-state index contributed by atoms with van der Waals surface area (Å²) in [5, 5.41) is 6.22. The van der Waals surface area contributed by atoms with Crippen LogP contribution < -0.4 is 15.4 Å². The monoisotopic (exact) mass is 557 g/mol. The van der Waals surface area contributed by atoms with Gasteiger partial charge in [0.25, 0.3) is 0 Å². The van der Waals surface area contributed by atoms with Crippen LogP contribution in [-0.4, -0.2) is 53.0 Å². The van der Waals surface area contributed by atoms with E-state index in [2.05, 4.69) is 24.5 Å². The van der Waals surface area contributed by atoms with Crippen LogP contribution in [0, 0.1) is 17.8 Å². The summed E-state index contributed by atoms with van der Waals surface area (Å²) >= 11 is 0. The average molecular weight is 558 g/mol. The summed E-state index contributed by atoms with van der Waals surface area (Å²) in [6.07, 6.45) is 9.23. The fourth-order valence-electron chi connectivity index (χ4n) is 6.89. The van der Waals surface area contributed by atoms with E-state index in [0.717, 1.165) is 37.9 Å². The number of rotatable bonds is 9. The van der Waals surface area contributed by atoms with Gasteiger partial charge in [0, 0.05) is 18.3 Å². The van der Waals surface area contributed by atoms with Crippen LogP contribution in [0.5, 0.6) is 11.5 Å². The number of carbonyl (C=O) groups excluding carboxylic acids is 3. The van der Waals surface area contributed by atoms with Gasteiger partial charge in [0.2, 0.25) is 17.7 Å². The van der Waals surface area contributed by atoms with Gasteiger partial charge in [0.1, 0.15) is 23.1 Å². The molecule has 1 spiro atoms. The van der Waals surface area contributed by atoms with E-state index in [1.807, 2.05) is 42.5 Å².